The van der Waals surface area contributed by atoms with Crippen molar-refractivity contribution in [1.29, 1.82) is 0 Å². The molecule has 0 aliphatic carbocycles. The number of halogens is 1. The minimum absolute atomic E-state index is 0.0493. The van der Waals surface area contributed by atoms with E-state index in [2.05, 4.69) is 5.32 Å². The van der Waals surface area contributed by atoms with E-state index < -0.39 is 28.5 Å². The van der Waals surface area contributed by atoms with Gasteiger partial charge in [-0.15, -0.1) is 0 Å². The van der Waals surface area contributed by atoms with Crippen molar-refractivity contribution in [2.24, 2.45) is 0 Å². The predicted octanol–water partition coefficient (Wildman–Crippen LogP) is 5.40. The number of rotatable bonds is 10. The van der Waals surface area contributed by atoms with Crippen LogP contribution in [-0.2, 0) is 26.2 Å². The van der Waals surface area contributed by atoms with Crippen LogP contribution in [0.4, 0.5) is 5.69 Å². The normalized spacial score (nSPS) is 12.2. The van der Waals surface area contributed by atoms with Gasteiger partial charge in [0.1, 0.15) is 12.6 Å². The number of sulfonamides is 1. The lowest BCUT2D eigenvalue weighted by Gasteiger charge is -2.32. The minimum Gasteiger partial charge on any atom is -0.352 e. The zero-order valence-electron chi connectivity index (χ0n) is 23.2. The lowest BCUT2D eigenvalue weighted by molar-refractivity contribution is -0.139. The van der Waals surface area contributed by atoms with E-state index in [4.69, 9.17) is 11.6 Å². The van der Waals surface area contributed by atoms with Crippen molar-refractivity contribution in [2.75, 3.05) is 10.8 Å². The van der Waals surface area contributed by atoms with Crippen molar-refractivity contribution in [3.05, 3.63) is 94.0 Å². The molecule has 3 rings (SSSR count). The number of carbonyl (C=O) groups is 2. The highest BCUT2D eigenvalue weighted by molar-refractivity contribution is 7.92. The molecule has 3 aromatic rings. The van der Waals surface area contributed by atoms with Crippen molar-refractivity contribution < 1.29 is 18.0 Å². The summed E-state index contributed by atoms with van der Waals surface area (Å²) in [6, 6.07) is 18.0. The number of hydrogen-bond acceptors (Lipinski definition) is 4. The van der Waals surface area contributed by atoms with E-state index in [0.29, 0.717) is 5.02 Å². The third-order valence-corrected chi connectivity index (χ3v) is 8.60. The minimum atomic E-state index is -4.15. The highest BCUT2D eigenvalue weighted by atomic mass is 35.5. The second kappa shape index (κ2) is 12.7. The molecule has 9 heteroatoms. The Labute approximate surface area is 236 Å². The number of amides is 2. The second-order valence-electron chi connectivity index (χ2n) is 10.1. The summed E-state index contributed by atoms with van der Waals surface area (Å²) in [5.41, 5.74) is 3.83. The third-order valence-electron chi connectivity index (χ3n) is 6.40. The lowest BCUT2D eigenvalue weighted by Crippen LogP contribution is -2.52. The Morgan fingerprint density at radius 3 is 1.97 bits per heavy atom. The van der Waals surface area contributed by atoms with Crippen molar-refractivity contribution in [3.8, 4) is 0 Å². The Balaban J connectivity index is 2.05. The summed E-state index contributed by atoms with van der Waals surface area (Å²) in [6.07, 6.45) is 0. The highest BCUT2D eigenvalue weighted by Gasteiger charge is 2.32. The molecule has 0 unspecified atom stereocenters. The summed E-state index contributed by atoms with van der Waals surface area (Å²) in [7, 11) is -4.15. The van der Waals surface area contributed by atoms with E-state index in [1.807, 2.05) is 58.9 Å². The van der Waals surface area contributed by atoms with E-state index in [1.165, 1.54) is 23.1 Å². The summed E-state index contributed by atoms with van der Waals surface area (Å²) in [5.74, 6) is -0.842. The van der Waals surface area contributed by atoms with Crippen LogP contribution >= 0.6 is 11.6 Å². The number of anilines is 1. The van der Waals surface area contributed by atoms with Gasteiger partial charge in [0.05, 0.1) is 10.6 Å². The molecule has 0 saturated carbocycles. The number of benzene rings is 3. The van der Waals surface area contributed by atoms with E-state index in [0.717, 1.165) is 26.6 Å². The smallest absolute Gasteiger partial charge is 0.264 e. The van der Waals surface area contributed by atoms with Crippen LogP contribution in [0.15, 0.2) is 71.6 Å². The van der Waals surface area contributed by atoms with Gasteiger partial charge in [-0.05, 0) is 76.9 Å². The first-order valence-corrected chi connectivity index (χ1v) is 14.6. The molecular weight excluding hydrogens is 534 g/mol. The molecule has 0 fully saturated rings. The van der Waals surface area contributed by atoms with Crippen LogP contribution in [0.1, 0.15) is 43.0 Å². The number of aryl methyl sites for hydroxylation is 3. The molecule has 0 aromatic heterocycles. The van der Waals surface area contributed by atoms with Crippen LogP contribution in [0.25, 0.3) is 0 Å². The molecule has 2 amide bonds. The van der Waals surface area contributed by atoms with Crippen molar-refractivity contribution in [1.82, 2.24) is 10.2 Å². The molecular formula is C30H36ClN3O4S. The molecule has 39 heavy (non-hydrogen) atoms. The molecule has 0 aliphatic heterocycles. The van der Waals surface area contributed by atoms with Gasteiger partial charge in [0.25, 0.3) is 10.0 Å². The van der Waals surface area contributed by atoms with Crippen LogP contribution in [-0.4, -0.2) is 43.8 Å². The Kier molecular flexibility index (Phi) is 9.80. The SMILES string of the molecule is Cc1ccc(CN(C(=O)CN(c2ccc(C)c(Cl)c2)S(=O)(=O)c2ccc(C)cc2)[C@@H](C)C(=O)NC(C)C)cc1. The van der Waals surface area contributed by atoms with Gasteiger partial charge in [-0.1, -0.05) is 65.2 Å². The maximum Gasteiger partial charge on any atom is 0.264 e. The average Bonchev–Trinajstić information content (AvgIpc) is 2.88. The summed E-state index contributed by atoms with van der Waals surface area (Å²) in [6.45, 7) is 10.6. The van der Waals surface area contributed by atoms with Gasteiger partial charge >= 0.3 is 0 Å². The fourth-order valence-corrected chi connectivity index (χ4v) is 5.56. The highest BCUT2D eigenvalue weighted by Crippen LogP contribution is 2.28. The van der Waals surface area contributed by atoms with Gasteiger partial charge in [0, 0.05) is 17.6 Å². The topological polar surface area (TPSA) is 86.8 Å². The average molecular weight is 570 g/mol. The van der Waals surface area contributed by atoms with E-state index in [-0.39, 0.29) is 29.1 Å². The molecule has 1 N–H and O–H groups in total. The Morgan fingerprint density at radius 1 is 0.872 bits per heavy atom. The molecule has 0 spiro atoms. The maximum atomic E-state index is 13.9. The molecule has 0 bridgehead atoms. The van der Waals surface area contributed by atoms with Gasteiger partial charge in [-0.25, -0.2) is 8.42 Å². The van der Waals surface area contributed by atoms with Crippen molar-refractivity contribution in [2.45, 2.75) is 65.1 Å². The standard InChI is InChI=1S/C30H36ClN3O4S/c1-20(2)32-30(36)24(6)33(18-25-12-7-21(3)8-13-25)29(35)19-34(26-14-11-23(5)28(31)17-26)39(37,38)27-15-9-22(4)10-16-27/h7-17,20,24H,18-19H2,1-6H3,(H,32,36)/t24-/m0/s1. The zero-order valence-corrected chi connectivity index (χ0v) is 24.8. The Morgan fingerprint density at radius 2 is 1.44 bits per heavy atom. The van der Waals surface area contributed by atoms with Gasteiger partial charge in [-0.2, -0.15) is 0 Å². The largest absolute Gasteiger partial charge is 0.352 e. The van der Waals surface area contributed by atoms with Crippen LogP contribution in [0.2, 0.25) is 5.02 Å². The van der Waals surface area contributed by atoms with Crippen LogP contribution < -0.4 is 9.62 Å². The van der Waals surface area contributed by atoms with Crippen molar-refractivity contribution >= 4 is 39.1 Å². The Bertz CT molecular complexity index is 1420. The number of nitrogens with one attached hydrogen (secondary N) is 1. The first-order valence-electron chi connectivity index (χ1n) is 12.8. The third kappa shape index (κ3) is 7.61. The molecule has 3 aromatic carbocycles. The van der Waals surface area contributed by atoms with Crippen LogP contribution in [0.3, 0.4) is 0 Å². The first kappa shape index (κ1) is 30.2. The second-order valence-corrected chi connectivity index (χ2v) is 12.4. The molecule has 7 nitrogen and oxygen atoms in total. The van der Waals surface area contributed by atoms with Crippen LogP contribution in [0.5, 0.6) is 0 Å². The fourth-order valence-electron chi connectivity index (χ4n) is 3.98. The molecule has 0 saturated heterocycles. The van der Waals surface area contributed by atoms with Gasteiger partial charge in [0.15, 0.2) is 0 Å². The van der Waals surface area contributed by atoms with E-state index >= 15 is 0 Å². The van der Waals surface area contributed by atoms with Gasteiger partial charge in [0.2, 0.25) is 11.8 Å². The quantitative estimate of drug-likeness (QED) is 0.354. The number of nitrogens with zero attached hydrogens (tertiary/aromatic N) is 2. The van der Waals surface area contributed by atoms with Crippen molar-refractivity contribution in [3.63, 3.8) is 0 Å². The molecule has 208 valence electrons. The van der Waals surface area contributed by atoms with Gasteiger partial charge < -0.3 is 10.2 Å². The van der Waals surface area contributed by atoms with E-state index in [1.54, 1.807) is 31.2 Å². The monoisotopic (exact) mass is 569 g/mol. The molecule has 0 heterocycles. The zero-order chi connectivity index (χ0) is 28.9. The summed E-state index contributed by atoms with van der Waals surface area (Å²) >= 11 is 6.36. The first-order chi connectivity index (χ1) is 18.3. The molecule has 0 radical (unpaired) electrons. The summed E-state index contributed by atoms with van der Waals surface area (Å²) in [5, 5.41) is 3.23. The molecule has 0 aliphatic rings. The lowest BCUT2D eigenvalue weighted by atomic mass is 10.1. The maximum absolute atomic E-state index is 13.9. The Hall–Kier alpha value is -3.36. The fraction of sp³-hybridized carbons (Fsp3) is 0.333. The van der Waals surface area contributed by atoms with Crippen LogP contribution in [0, 0.1) is 20.8 Å². The number of carbonyl (C=O) groups excluding carboxylic acids is 2. The van der Waals surface area contributed by atoms with Gasteiger partial charge in [-0.3, -0.25) is 13.9 Å². The summed E-state index contributed by atoms with van der Waals surface area (Å²) < 4.78 is 28.8. The number of hydrogen-bond donors (Lipinski definition) is 1. The summed E-state index contributed by atoms with van der Waals surface area (Å²) in [4.78, 5) is 28.4. The van der Waals surface area contributed by atoms with E-state index in [9.17, 15) is 18.0 Å². The predicted molar refractivity (Wildman–Crippen MR) is 156 cm³/mol. The molecule has 1 atom stereocenters.